The second kappa shape index (κ2) is 6.15. The Morgan fingerprint density at radius 1 is 1.04 bits per heavy atom. The molecule has 118 valence electrons. The predicted molar refractivity (Wildman–Crippen MR) is 86.4 cm³/mol. The van der Waals surface area contributed by atoms with E-state index in [-0.39, 0.29) is 14.9 Å². The molecule has 1 N–H and O–H groups in total. The van der Waals surface area contributed by atoms with Crippen molar-refractivity contribution in [3.8, 4) is 5.69 Å². The van der Waals surface area contributed by atoms with Gasteiger partial charge in [-0.2, -0.15) is 0 Å². The number of aromatic nitrogens is 4. The first kappa shape index (κ1) is 15.7. The molecule has 23 heavy (non-hydrogen) atoms. The highest BCUT2D eigenvalue weighted by Gasteiger charge is 2.16. The van der Waals surface area contributed by atoms with Crippen molar-refractivity contribution in [1.29, 1.82) is 0 Å². The van der Waals surface area contributed by atoms with Crippen molar-refractivity contribution in [2.75, 3.05) is 4.72 Å². The van der Waals surface area contributed by atoms with Gasteiger partial charge in [-0.1, -0.05) is 29.3 Å². The number of halogens is 2. The molecule has 0 aliphatic rings. The molecule has 10 heteroatoms. The highest BCUT2D eigenvalue weighted by molar-refractivity contribution is 7.92. The highest BCUT2D eigenvalue weighted by atomic mass is 35.5. The topological polar surface area (TPSA) is 89.8 Å². The van der Waals surface area contributed by atoms with Crippen LogP contribution in [0, 0.1) is 0 Å². The monoisotopic (exact) mass is 369 g/mol. The lowest BCUT2D eigenvalue weighted by Crippen LogP contribution is -2.13. The van der Waals surface area contributed by atoms with Crippen LogP contribution in [0.1, 0.15) is 0 Å². The van der Waals surface area contributed by atoms with Crippen LogP contribution in [0.3, 0.4) is 0 Å². The fourth-order valence-electron chi connectivity index (χ4n) is 1.85. The first-order valence-corrected chi connectivity index (χ1v) is 8.51. The summed E-state index contributed by atoms with van der Waals surface area (Å²) in [5.41, 5.74) is 0.980. The molecule has 2 aromatic carbocycles. The number of nitrogens with one attached hydrogen (secondary N) is 1. The standard InChI is InChI=1S/C13H9Cl2N5O2S/c14-12-5-4-11(7-13(12)15)23(21,22)17-9-2-1-3-10(6-9)20-8-16-18-19-20/h1-8,17H. The van der Waals surface area contributed by atoms with Crippen molar-refractivity contribution in [3.63, 3.8) is 0 Å². The Bertz CT molecular complexity index is 945. The maximum absolute atomic E-state index is 12.4. The zero-order valence-corrected chi connectivity index (χ0v) is 13.7. The molecule has 0 spiro atoms. The number of nitrogens with zero attached hydrogens (tertiary/aromatic N) is 4. The molecule has 0 radical (unpaired) electrons. The lowest BCUT2D eigenvalue weighted by atomic mass is 10.3. The molecule has 7 nitrogen and oxygen atoms in total. The Morgan fingerprint density at radius 2 is 1.87 bits per heavy atom. The quantitative estimate of drug-likeness (QED) is 0.763. The Hall–Kier alpha value is -2.16. The fraction of sp³-hybridized carbons (Fsp3) is 0. The van der Waals surface area contributed by atoms with Crippen LogP contribution in [-0.4, -0.2) is 28.6 Å². The maximum Gasteiger partial charge on any atom is 0.261 e. The average molecular weight is 370 g/mol. The molecule has 1 heterocycles. The number of rotatable bonds is 4. The molecular formula is C13H9Cl2N5O2S. The van der Waals surface area contributed by atoms with Gasteiger partial charge in [0.1, 0.15) is 6.33 Å². The van der Waals surface area contributed by atoms with Gasteiger partial charge < -0.3 is 0 Å². The van der Waals surface area contributed by atoms with E-state index in [9.17, 15) is 8.42 Å². The van der Waals surface area contributed by atoms with Gasteiger partial charge in [0.25, 0.3) is 10.0 Å². The van der Waals surface area contributed by atoms with Crippen LogP contribution >= 0.6 is 23.2 Å². The van der Waals surface area contributed by atoms with Crippen LogP contribution in [0.2, 0.25) is 10.0 Å². The zero-order valence-electron chi connectivity index (χ0n) is 11.4. The van der Waals surface area contributed by atoms with Gasteiger partial charge in [-0.3, -0.25) is 4.72 Å². The van der Waals surface area contributed by atoms with Gasteiger partial charge in [-0.05, 0) is 46.8 Å². The first-order valence-electron chi connectivity index (χ1n) is 6.27. The molecule has 0 saturated heterocycles. The molecule has 3 aromatic rings. The van der Waals surface area contributed by atoms with E-state index in [4.69, 9.17) is 23.2 Å². The number of sulfonamides is 1. The van der Waals surface area contributed by atoms with Crippen LogP contribution in [0.25, 0.3) is 5.69 Å². The average Bonchev–Trinajstić information content (AvgIpc) is 3.04. The summed E-state index contributed by atoms with van der Waals surface area (Å²) in [5.74, 6) is 0. The van der Waals surface area contributed by atoms with Gasteiger partial charge in [0.15, 0.2) is 0 Å². The van der Waals surface area contributed by atoms with Crippen molar-refractivity contribution in [2.45, 2.75) is 4.90 Å². The van der Waals surface area contributed by atoms with Crippen LogP contribution in [0.5, 0.6) is 0 Å². The SMILES string of the molecule is O=S(=O)(Nc1cccc(-n2cnnn2)c1)c1ccc(Cl)c(Cl)c1. The number of hydrogen-bond acceptors (Lipinski definition) is 5. The number of hydrogen-bond donors (Lipinski definition) is 1. The largest absolute Gasteiger partial charge is 0.280 e. The van der Waals surface area contributed by atoms with Gasteiger partial charge in [0.05, 0.1) is 26.3 Å². The van der Waals surface area contributed by atoms with E-state index in [1.165, 1.54) is 29.2 Å². The van der Waals surface area contributed by atoms with Crippen LogP contribution in [0.15, 0.2) is 53.7 Å². The third-order valence-electron chi connectivity index (χ3n) is 2.91. The molecule has 0 fully saturated rings. The smallest absolute Gasteiger partial charge is 0.261 e. The van der Waals surface area contributed by atoms with Gasteiger partial charge in [0, 0.05) is 0 Å². The maximum atomic E-state index is 12.4. The number of benzene rings is 2. The third kappa shape index (κ3) is 3.44. The van der Waals surface area contributed by atoms with E-state index in [0.29, 0.717) is 11.4 Å². The first-order chi connectivity index (χ1) is 11.0. The zero-order chi connectivity index (χ0) is 16.4. The van der Waals surface area contributed by atoms with E-state index in [0.717, 1.165) is 0 Å². The summed E-state index contributed by atoms with van der Waals surface area (Å²) < 4.78 is 28.7. The second-order valence-corrected chi connectivity index (χ2v) is 6.98. The molecule has 0 aliphatic carbocycles. The predicted octanol–water partition coefficient (Wildman–Crippen LogP) is 2.77. The lowest BCUT2D eigenvalue weighted by molar-refractivity contribution is 0.601. The van der Waals surface area contributed by atoms with Crippen LogP contribution in [-0.2, 0) is 10.0 Å². The van der Waals surface area contributed by atoms with Crippen molar-refractivity contribution in [2.24, 2.45) is 0 Å². The summed E-state index contributed by atoms with van der Waals surface area (Å²) in [6.45, 7) is 0. The van der Waals surface area contributed by atoms with Gasteiger partial charge >= 0.3 is 0 Å². The summed E-state index contributed by atoms with van der Waals surface area (Å²) in [4.78, 5) is 0.0136. The molecule has 0 atom stereocenters. The number of anilines is 1. The number of tetrazole rings is 1. The summed E-state index contributed by atoms with van der Waals surface area (Å²) in [7, 11) is -3.79. The van der Waals surface area contributed by atoms with E-state index in [2.05, 4.69) is 20.2 Å². The van der Waals surface area contributed by atoms with Crippen LogP contribution in [0.4, 0.5) is 5.69 Å². The lowest BCUT2D eigenvalue weighted by Gasteiger charge is -2.10. The Labute approximate surface area is 141 Å². The van der Waals surface area contributed by atoms with Gasteiger partial charge in [-0.15, -0.1) is 5.10 Å². The highest BCUT2D eigenvalue weighted by Crippen LogP contribution is 2.26. The summed E-state index contributed by atoms with van der Waals surface area (Å²) in [6, 6.07) is 10.7. The molecule has 0 amide bonds. The second-order valence-electron chi connectivity index (χ2n) is 4.49. The fourth-order valence-corrected chi connectivity index (χ4v) is 3.29. The van der Waals surface area contributed by atoms with E-state index in [1.807, 2.05) is 0 Å². The van der Waals surface area contributed by atoms with Crippen molar-refractivity contribution < 1.29 is 8.42 Å². The minimum absolute atomic E-state index is 0.0136. The van der Waals surface area contributed by atoms with E-state index < -0.39 is 10.0 Å². The summed E-state index contributed by atoms with van der Waals surface area (Å²) in [5, 5.41) is 11.3. The molecule has 1 aromatic heterocycles. The Morgan fingerprint density at radius 3 is 2.57 bits per heavy atom. The van der Waals surface area contributed by atoms with Gasteiger partial charge in [-0.25, -0.2) is 13.1 Å². The normalized spacial score (nSPS) is 11.4. The summed E-state index contributed by atoms with van der Waals surface area (Å²) >= 11 is 11.7. The van der Waals surface area contributed by atoms with Crippen LogP contribution < -0.4 is 4.72 Å². The molecule has 3 rings (SSSR count). The third-order valence-corrected chi connectivity index (χ3v) is 5.03. The Balaban J connectivity index is 1.91. The van der Waals surface area contributed by atoms with E-state index >= 15 is 0 Å². The summed E-state index contributed by atoms with van der Waals surface area (Å²) in [6.07, 6.45) is 1.41. The van der Waals surface area contributed by atoms with Crippen molar-refractivity contribution in [1.82, 2.24) is 20.2 Å². The minimum atomic E-state index is -3.79. The molecular weight excluding hydrogens is 361 g/mol. The van der Waals surface area contributed by atoms with Crippen molar-refractivity contribution in [3.05, 3.63) is 58.8 Å². The molecule has 0 unspecified atom stereocenters. The molecule has 0 aliphatic heterocycles. The van der Waals surface area contributed by atoms with E-state index in [1.54, 1.807) is 24.3 Å². The Kier molecular flexibility index (Phi) is 4.20. The molecule has 0 saturated carbocycles. The molecule has 0 bridgehead atoms. The minimum Gasteiger partial charge on any atom is -0.280 e. The van der Waals surface area contributed by atoms with Gasteiger partial charge in [0.2, 0.25) is 0 Å². The van der Waals surface area contributed by atoms with Crippen molar-refractivity contribution >= 4 is 38.9 Å².